The average Bonchev–Trinajstić information content (AvgIpc) is 4.03. The highest BCUT2D eigenvalue weighted by Crippen LogP contribution is 2.25. The number of carboxylic acid groups (broad SMARTS) is 1. The number of imidazole rings is 2. The van der Waals surface area contributed by atoms with Crippen molar-refractivity contribution < 1.29 is 37.8 Å². The monoisotopic (exact) mass is 922 g/mol. The molecule has 0 atom stereocenters. The third-order valence-corrected chi connectivity index (χ3v) is 11.5. The van der Waals surface area contributed by atoms with Crippen molar-refractivity contribution >= 4 is 40.2 Å². The van der Waals surface area contributed by atoms with Crippen LogP contribution in [-0.2, 0) is 43.8 Å². The predicted octanol–water partition coefficient (Wildman–Crippen LogP) is 10.2. The van der Waals surface area contributed by atoms with E-state index in [-0.39, 0.29) is 12.6 Å². The van der Waals surface area contributed by atoms with Gasteiger partial charge in [-0.15, -0.1) is 0 Å². The number of aryl methyl sites for hydroxylation is 8. The minimum atomic E-state index is -1.12. The number of hydrogen-bond acceptors (Lipinski definition) is 11. The van der Waals surface area contributed by atoms with E-state index in [1.807, 2.05) is 115 Å². The maximum absolute atomic E-state index is 12.7. The zero-order chi connectivity index (χ0) is 48.6. The SMILES string of the molecule is CCN(Cc1ccc2c(c1)nc(Cc1nc(C)oc1C)n2CC)C(=O)Oc1ccc(C)cc1.CCn1c(Cc2nc(C)oc2C)nc2cc(CN(CC(=O)O)C(=O)Oc3ccc(C)cc3)ccc21. The van der Waals surface area contributed by atoms with Crippen molar-refractivity contribution in [2.24, 2.45) is 0 Å². The highest BCUT2D eigenvalue weighted by atomic mass is 16.6. The minimum Gasteiger partial charge on any atom is -0.480 e. The molecule has 0 aliphatic carbocycles. The second-order valence-electron chi connectivity index (χ2n) is 16.6. The van der Waals surface area contributed by atoms with Crippen LogP contribution in [0.3, 0.4) is 0 Å². The van der Waals surface area contributed by atoms with Gasteiger partial charge in [-0.3, -0.25) is 9.69 Å². The van der Waals surface area contributed by atoms with Crippen LogP contribution in [-0.4, -0.2) is 75.2 Å². The standard InChI is InChI=1S/C26H28N4O5.C26H30N4O3/c1-5-30-23-11-8-19(12-22(23)28-24(30)13-21-17(3)34-18(4)27-21)14-29(15-25(31)32)26(33)35-20-9-6-16(2)7-10-20;1-6-29(26(31)33-21-11-8-17(3)9-12-21)16-20-10-13-24-23(14-20)28-25(30(24)7-2)15-22-18(4)32-19(5)27-22/h6-12H,5,13-15H2,1-4H3,(H,31,32);8-14H,6-7,15-16H2,1-5H3. The van der Waals surface area contributed by atoms with Crippen molar-refractivity contribution in [3.63, 3.8) is 0 Å². The van der Waals surface area contributed by atoms with Crippen LogP contribution in [0, 0.1) is 41.5 Å². The van der Waals surface area contributed by atoms with E-state index in [0.29, 0.717) is 49.2 Å². The molecule has 0 aliphatic heterocycles. The summed E-state index contributed by atoms with van der Waals surface area (Å²) in [5, 5.41) is 9.34. The normalized spacial score (nSPS) is 11.1. The van der Waals surface area contributed by atoms with Gasteiger partial charge in [0.05, 0.1) is 46.3 Å². The van der Waals surface area contributed by atoms with Crippen molar-refractivity contribution in [3.8, 4) is 11.5 Å². The zero-order valence-corrected chi connectivity index (χ0v) is 40.1. The molecule has 1 N–H and O–H groups in total. The number of carbonyl (C=O) groups is 3. The molecule has 0 spiro atoms. The fraction of sp³-hybridized carbons (Fsp3) is 0.327. The third kappa shape index (κ3) is 11.6. The Morgan fingerprint density at radius 2 is 0.985 bits per heavy atom. The molecule has 0 radical (unpaired) electrons. The molecule has 4 aromatic carbocycles. The number of nitrogens with zero attached hydrogens (tertiary/aromatic N) is 8. The van der Waals surface area contributed by atoms with Crippen LogP contribution >= 0.6 is 0 Å². The number of carbonyl (C=O) groups excluding carboxylic acids is 2. The maximum atomic E-state index is 12.7. The molecule has 16 nitrogen and oxygen atoms in total. The molecule has 0 unspecified atom stereocenters. The van der Waals surface area contributed by atoms with Crippen LogP contribution in [0.5, 0.6) is 11.5 Å². The lowest BCUT2D eigenvalue weighted by Gasteiger charge is -2.20. The topological polar surface area (TPSA) is 184 Å². The maximum Gasteiger partial charge on any atom is 0.416 e. The molecule has 0 fully saturated rings. The first kappa shape index (κ1) is 48.2. The van der Waals surface area contributed by atoms with Crippen molar-refractivity contribution in [2.75, 3.05) is 13.1 Å². The number of carboxylic acids is 1. The van der Waals surface area contributed by atoms with Crippen LogP contribution in [0.2, 0.25) is 0 Å². The van der Waals surface area contributed by atoms with Gasteiger partial charge in [0.25, 0.3) is 0 Å². The van der Waals surface area contributed by atoms with Crippen LogP contribution in [0.4, 0.5) is 9.59 Å². The Bertz CT molecular complexity index is 3050. The lowest BCUT2D eigenvalue weighted by atomic mass is 10.2. The third-order valence-electron chi connectivity index (χ3n) is 11.5. The Morgan fingerprint density at radius 1 is 0.574 bits per heavy atom. The van der Waals surface area contributed by atoms with Crippen molar-refractivity contribution in [3.05, 3.63) is 154 Å². The summed E-state index contributed by atoms with van der Waals surface area (Å²) in [6, 6.07) is 26.3. The van der Waals surface area contributed by atoms with Gasteiger partial charge in [0.15, 0.2) is 11.8 Å². The molecule has 8 aromatic rings. The Morgan fingerprint density at radius 3 is 1.35 bits per heavy atom. The smallest absolute Gasteiger partial charge is 0.416 e. The Hall–Kier alpha value is -7.75. The lowest BCUT2D eigenvalue weighted by molar-refractivity contribution is -0.138. The molecule has 4 aromatic heterocycles. The highest BCUT2D eigenvalue weighted by Gasteiger charge is 2.22. The van der Waals surface area contributed by atoms with E-state index in [1.54, 1.807) is 17.0 Å². The van der Waals surface area contributed by atoms with Crippen LogP contribution in [0.15, 0.2) is 93.8 Å². The number of rotatable bonds is 15. The summed E-state index contributed by atoms with van der Waals surface area (Å²) in [5.74, 6) is 4.48. The van der Waals surface area contributed by atoms with E-state index in [9.17, 15) is 19.5 Å². The number of ether oxygens (including phenoxy) is 2. The number of fused-ring (bicyclic) bond motifs is 2. The van der Waals surface area contributed by atoms with Gasteiger partial charge in [0, 0.05) is 46.6 Å². The van der Waals surface area contributed by atoms with Crippen molar-refractivity contribution in [2.45, 2.75) is 101 Å². The van der Waals surface area contributed by atoms with Gasteiger partial charge in [-0.2, -0.15) is 0 Å². The van der Waals surface area contributed by atoms with E-state index in [4.69, 9.17) is 28.3 Å². The van der Waals surface area contributed by atoms with Crippen LogP contribution < -0.4 is 9.47 Å². The summed E-state index contributed by atoms with van der Waals surface area (Å²) in [4.78, 5) is 58.4. The molecule has 354 valence electrons. The quantitative estimate of drug-likeness (QED) is 0.103. The Balaban J connectivity index is 0.000000202. The molecule has 2 amide bonds. The fourth-order valence-electron chi connectivity index (χ4n) is 8.03. The van der Waals surface area contributed by atoms with Gasteiger partial charge in [-0.25, -0.2) is 29.5 Å². The summed E-state index contributed by atoms with van der Waals surface area (Å²) in [6.45, 7) is 19.7. The summed E-state index contributed by atoms with van der Waals surface area (Å²) >= 11 is 0. The number of benzene rings is 4. The highest BCUT2D eigenvalue weighted by molar-refractivity contribution is 5.80. The Labute approximate surface area is 395 Å². The predicted molar refractivity (Wildman–Crippen MR) is 257 cm³/mol. The van der Waals surface area contributed by atoms with Gasteiger partial charge in [0.2, 0.25) is 0 Å². The number of aromatic nitrogens is 6. The molecule has 0 saturated heterocycles. The van der Waals surface area contributed by atoms with Gasteiger partial charge in [-0.05, 0) is 108 Å². The van der Waals surface area contributed by atoms with E-state index in [2.05, 4.69) is 39.0 Å². The van der Waals surface area contributed by atoms with Crippen molar-refractivity contribution in [1.29, 1.82) is 0 Å². The first-order valence-electron chi connectivity index (χ1n) is 22.7. The van der Waals surface area contributed by atoms with E-state index in [0.717, 1.165) is 96.9 Å². The minimum absolute atomic E-state index is 0.0723. The summed E-state index contributed by atoms with van der Waals surface area (Å²) in [6.07, 6.45) is 0.0612. The van der Waals surface area contributed by atoms with Crippen LogP contribution in [0.25, 0.3) is 22.1 Å². The van der Waals surface area contributed by atoms with Gasteiger partial charge >= 0.3 is 18.2 Å². The van der Waals surface area contributed by atoms with Gasteiger partial charge < -0.3 is 37.4 Å². The molecule has 8 rings (SSSR count). The number of hydrogen-bond donors (Lipinski definition) is 1. The first-order chi connectivity index (χ1) is 32.6. The molecule has 0 saturated carbocycles. The second kappa shape index (κ2) is 21.3. The fourth-order valence-corrected chi connectivity index (χ4v) is 8.03. The largest absolute Gasteiger partial charge is 0.480 e. The number of aliphatic carboxylic acids is 1. The average molecular weight is 923 g/mol. The first-order valence-corrected chi connectivity index (χ1v) is 22.7. The van der Waals surface area contributed by atoms with E-state index < -0.39 is 18.6 Å². The molecule has 16 heteroatoms. The lowest BCUT2D eigenvalue weighted by Crippen LogP contribution is -2.37. The molecule has 4 heterocycles. The second-order valence-corrected chi connectivity index (χ2v) is 16.6. The Kier molecular flexibility index (Phi) is 15.1. The van der Waals surface area contributed by atoms with Gasteiger partial charge in [0.1, 0.15) is 41.2 Å². The molecular weight excluding hydrogens is 865 g/mol. The number of oxazole rings is 2. The molecule has 0 aliphatic rings. The van der Waals surface area contributed by atoms with Crippen LogP contribution in [0.1, 0.15) is 89.4 Å². The van der Waals surface area contributed by atoms with Gasteiger partial charge in [-0.1, -0.05) is 47.5 Å². The molecular formula is C52H58N8O8. The van der Waals surface area contributed by atoms with E-state index in [1.165, 1.54) is 0 Å². The zero-order valence-electron chi connectivity index (χ0n) is 40.1. The van der Waals surface area contributed by atoms with Crippen molar-refractivity contribution in [1.82, 2.24) is 38.9 Å². The molecule has 0 bridgehead atoms. The summed E-state index contributed by atoms with van der Waals surface area (Å²) in [7, 11) is 0. The summed E-state index contributed by atoms with van der Waals surface area (Å²) in [5.41, 5.74) is 9.36. The number of amides is 2. The molecule has 68 heavy (non-hydrogen) atoms. The van der Waals surface area contributed by atoms with E-state index >= 15 is 0 Å². The summed E-state index contributed by atoms with van der Waals surface area (Å²) < 4.78 is 26.4.